The number of amides is 1. The summed E-state index contributed by atoms with van der Waals surface area (Å²) >= 11 is 0. The van der Waals surface area contributed by atoms with Crippen LogP contribution < -0.4 is 25.6 Å². The van der Waals surface area contributed by atoms with Gasteiger partial charge in [0, 0.05) is 49.8 Å². The Morgan fingerprint density at radius 1 is 0.970 bits per heavy atom. The monoisotopic (exact) mass is 445 g/mol. The molecule has 0 unspecified atom stereocenters. The zero-order valence-corrected chi connectivity index (χ0v) is 19.4. The molecule has 0 aliphatic carbocycles. The van der Waals surface area contributed by atoms with E-state index in [9.17, 15) is 4.79 Å². The molecule has 0 radical (unpaired) electrons. The molecule has 7 nitrogen and oxygen atoms in total. The van der Waals surface area contributed by atoms with Gasteiger partial charge in [0.1, 0.15) is 11.6 Å². The topological polar surface area (TPSA) is 78.5 Å². The summed E-state index contributed by atoms with van der Waals surface area (Å²) in [4.78, 5) is 19.2. The van der Waals surface area contributed by atoms with Crippen molar-refractivity contribution in [2.75, 3.05) is 42.8 Å². The molecule has 1 aliphatic heterocycles. The van der Waals surface area contributed by atoms with Gasteiger partial charge in [-0.25, -0.2) is 4.98 Å². The number of nitrogens with one attached hydrogen (secondary N) is 3. The Hall–Kier alpha value is -3.74. The van der Waals surface area contributed by atoms with Gasteiger partial charge in [0.15, 0.2) is 0 Å². The van der Waals surface area contributed by atoms with E-state index in [2.05, 4.69) is 38.0 Å². The maximum absolute atomic E-state index is 12.2. The van der Waals surface area contributed by atoms with Gasteiger partial charge in [0.25, 0.3) is 5.91 Å². The average Bonchev–Trinajstić information content (AvgIpc) is 2.86. The number of aryl methyl sites for hydroxylation is 1. The molecule has 0 atom stereocenters. The molecule has 4 rings (SSSR count). The van der Waals surface area contributed by atoms with Gasteiger partial charge in [-0.1, -0.05) is 12.1 Å². The first kappa shape index (κ1) is 22.5. The molecule has 2 heterocycles. The zero-order chi connectivity index (χ0) is 23.2. The maximum Gasteiger partial charge on any atom is 0.253 e. The first-order chi connectivity index (χ1) is 16.1. The van der Waals surface area contributed by atoms with Crippen molar-refractivity contribution in [1.29, 1.82) is 0 Å². The maximum atomic E-state index is 12.2. The van der Waals surface area contributed by atoms with Crippen LogP contribution in [-0.4, -0.2) is 38.1 Å². The lowest BCUT2D eigenvalue weighted by molar-refractivity contribution is 0.0964. The van der Waals surface area contributed by atoms with Gasteiger partial charge in [0.05, 0.1) is 24.0 Å². The number of ether oxygens (including phenoxy) is 1. The van der Waals surface area contributed by atoms with E-state index in [4.69, 9.17) is 4.74 Å². The number of aromatic nitrogens is 1. The highest BCUT2D eigenvalue weighted by molar-refractivity contribution is 6.00. The van der Waals surface area contributed by atoms with Crippen molar-refractivity contribution in [2.45, 2.75) is 26.2 Å². The molecular weight excluding hydrogens is 414 g/mol. The first-order valence-electron chi connectivity index (χ1n) is 11.3. The highest BCUT2D eigenvalue weighted by Gasteiger charge is 2.15. The molecule has 7 heteroatoms. The number of rotatable bonds is 7. The smallest absolute Gasteiger partial charge is 0.253 e. The normalized spacial score (nSPS) is 13.4. The summed E-state index contributed by atoms with van der Waals surface area (Å²) in [7, 11) is 3.31. The fraction of sp³-hybridized carbons (Fsp3) is 0.308. The van der Waals surface area contributed by atoms with Crippen LogP contribution in [0.25, 0.3) is 0 Å². The Balaban J connectivity index is 1.57. The lowest BCUT2D eigenvalue weighted by atomic mass is 10.1. The molecule has 0 saturated carbocycles. The minimum absolute atomic E-state index is 0.137. The van der Waals surface area contributed by atoms with Crippen LogP contribution in [0, 0.1) is 6.92 Å². The van der Waals surface area contributed by atoms with Gasteiger partial charge in [0.2, 0.25) is 0 Å². The summed E-state index contributed by atoms with van der Waals surface area (Å²) in [6, 6.07) is 15.6. The molecule has 172 valence electrons. The van der Waals surface area contributed by atoms with Crippen molar-refractivity contribution >= 4 is 34.5 Å². The van der Waals surface area contributed by atoms with E-state index < -0.39 is 0 Å². The zero-order valence-electron chi connectivity index (χ0n) is 19.4. The molecule has 0 spiro atoms. The van der Waals surface area contributed by atoms with Crippen molar-refractivity contribution < 1.29 is 9.53 Å². The number of pyridine rings is 1. The van der Waals surface area contributed by atoms with Crippen LogP contribution in [-0.2, 0) is 0 Å². The minimum Gasteiger partial charge on any atom is -0.494 e. The summed E-state index contributed by atoms with van der Waals surface area (Å²) in [6.07, 6.45) is 5.57. The molecule has 1 fully saturated rings. The summed E-state index contributed by atoms with van der Waals surface area (Å²) in [6.45, 7) is 4.15. The molecule has 3 aromatic rings. The lowest BCUT2D eigenvalue weighted by Crippen LogP contribution is -2.29. The second kappa shape index (κ2) is 10.3. The van der Waals surface area contributed by atoms with Gasteiger partial charge in [-0.05, 0) is 56.0 Å². The molecule has 1 aliphatic rings. The van der Waals surface area contributed by atoms with Gasteiger partial charge in [-0.15, -0.1) is 0 Å². The number of hydrogen-bond donors (Lipinski definition) is 3. The lowest BCUT2D eigenvalue weighted by Gasteiger charge is -2.29. The summed E-state index contributed by atoms with van der Waals surface area (Å²) in [5.74, 6) is 1.33. The Labute approximate surface area is 195 Å². The Bertz CT molecular complexity index is 1130. The van der Waals surface area contributed by atoms with Crippen molar-refractivity contribution in [1.82, 2.24) is 10.3 Å². The third-order valence-electron chi connectivity index (χ3n) is 5.94. The fourth-order valence-corrected chi connectivity index (χ4v) is 4.07. The fourth-order valence-electron chi connectivity index (χ4n) is 4.07. The van der Waals surface area contributed by atoms with E-state index in [0.29, 0.717) is 11.4 Å². The second-order valence-corrected chi connectivity index (χ2v) is 8.19. The summed E-state index contributed by atoms with van der Waals surface area (Å²) in [5, 5.41) is 9.45. The van der Waals surface area contributed by atoms with E-state index in [-0.39, 0.29) is 5.91 Å². The quantitative estimate of drug-likeness (QED) is 0.462. The number of para-hydroxylation sites is 1. The number of carbonyl (C=O) groups excluding carboxylic acids is 1. The summed E-state index contributed by atoms with van der Waals surface area (Å²) in [5.41, 5.74) is 5.20. The summed E-state index contributed by atoms with van der Waals surface area (Å²) < 4.78 is 5.68. The number of piperidine rings is 1. The number of anilines is 5. The molecular formula is C26H31N5O2. The SMILES string of the molecule is CNC(=O)c1ccccc1Nc1cc(Nc2ccc(N3CCCCC3)cc2OC)ncc1C. The Morgan fingerprint density at radius 3 is 2.52 bits per heavy atom. The predicted molar refractivity (Wildman–Crippen MR) is 134 cm³/mol. The van der Waals surface area contributed by atoms with E-state index in [1.54, 1.807) is 20.2 Å². The van der Waals surface area contributed by atoms with Gasteiger partial charge >= 0.3 is 0 Å². The van der Waals surface area contributed by atoms with Crippen molar-refractivity contribution in [3.8, 4) is 5.75 Å². The predicted octanol–water partition coefficient (Wildman–Crippen LogP) is 5.24. The Morgan fingerprint density at radius 2 is 1.76 bits per heavy atom. The van der Waals surface area contributed by atoms with Crippen molar-refractivity contribution in [2.24, 2.45) is 0 Å². The van der Waals surface area contributed by atoms with E-state index in [1.807, 2.05) is 43.5 Å². The largest absolute Gasteiger partial charge is 0.494 e. The standard InChI is InChI=1S/C26H31N5O2/c1-18-17-28-25(16-23(18)29-21-10-6-5-9-20(21)26(32)27-2)30-22-12-11-19(15-24(22)33-3)31-13-7-4-8-14-31/h5-6,9-12,15-17H,4,7-8,13-14H2,1-3H3,(H,27,32)(H2,28,29,30). The van der Waals surface area contributed by atoms with Gasteiger partial charge in [-0.2, -0.15) is 0 Å². The number of nitrogens with zero attached hydrogens (tertiary/aromatic N) is 2. The number of methoxy groups -OCH3 is 1. The van der Waals surface area contributed by atoms with Crippen molar-refractivity contribution in [3.05, 3.63) is 65.9 Å². The molecule has 1 saturated heterocycles. The highest BCUT2D eigenvalue weighted by Crippen LogP contribution is 2.34. The molecule has 1 amide bonds. The van der Waals surface area contributed by atoms with E-state index in [1.165, 1.54) is 24.9 Å². The number of benzene rings is 2. The third-order valence-corrected chi connectivity index (χ3v) is 5.94. The van der Waals surface area contributed by atoms with Crippen LogP contribution in [0.4, 0.5) is 28.6 Å². The van der Waals surface area contributed by atoms with Crippen LogP contribution in [0.15, 0.2) is 54.7 Å². The molecule has 2 aromatic carbocycles. The minimum atomic E-state index is -0.137. The van der Waals surface area contributed by atoms with Crippen molar-refractivity contribution in [3.63, 3.8) is 0 Å². The van der Waals surface area contributed by atoms with Crippen LogP contribution >= 0.6 is 0 Å². The Kier molecular flexibility index (Phi) is 6.98. The molecule has 3 N–H and O–H groups in total. The third kappa shape index (κ3) is 5.19. The highest BCUT2D eigenvalue weighted by atomic mass is 16.5. The van der Waals surface area contributed by atoms with Gasteiger partial charge in [-0.3, -0.25) is 4.79 Å². The van der Waals surface area contributed by atoms with Crippen LogP contribution in [0.1, 0.15) is 35.2 Å². The van der Waals surface area contributed by atoms with Crippen LogP contribution in [0.3, 0.4) is 0 Å². The van der Waals surface area contributed by atoms with E-state index in [0.717, 1.165) is 41.5 Å². The average molecular weight is 446 g/mol. The van der Waals surface area contributed by atoms with Gasteiger partial charge < -0.3 is 25.6 Å². The van der Waals surface area contributed by atoms with E-state index >= 15 is 0 Å². The molecule has 0 bridgehead atoms. The second-order valence-electron chi connectivity index (χ2n) is 8.19. The first-order valence-corrected chi connectivity index (χ1v) is 11.3. The number of hydrogen-bond acceptors (Lipinski definition) is 6. The molecule has 33 heavy (non-hydrogen) atoms. The van der Waals surface area contributed by atoms with Crippen LogP contribution in [0.2, 0.25) is 0 Å². The number of carbonyl (C=O) groups is 1. The van der Waals surface area contributed by atoms with Crippen LogP contribution in [0.5, 0.6) is 5.75 Å². The molecule has 1 aromatic heterocycles.